The molecule has 6 nitrogen and oxygen atoms in total. The van der Waals surface area contributed by atoms with Crippen LogP contribution in [0.3, 0.4) is 0 Å². The normalized spacial score (nSPS) is 15.9. The number of hydrogen-bond acceptors (Lipinski definition) is 5. The van der Waals surface area contributed by atoms with E-state index in [-0.39, 0.29) is 10.7 Å². The molecule has 7 heteroatoms. The summed E-state index contributed by atoms with van der Waals surface area (Å²) in [4.78, 5) is 6.24. The highest BCUT2D eigenvalue weighted by Gasteiger charge is 2.27. The van der Waals surface area contributed by atoms with Crippen LogP contribution in [0.5, 0.6) is 0 Å². The molecule has 0 bridgehead atoms. The molecule has 19 heavy (non-hydrogen) atoms. The van der Waals surface area contributed by atoms with Gasteiger partial charge in [0.1, 0.15) is 5.82 Å². The fourth-order valence-corrected chi connectivity index (χ4v) is 3.08. The zero-order valence-corrected chi connectivity index (χ0v) is 11.9. The second-order valence-corrected chi connectivity index (χ2v) is 6.44. The average Bonchev–Trinajstić information content (AvgIpc) is 3.19. The second kappa shape index (κ2) is 5.85. The van der Waals surface area contributed by atoms with E-state index in [1.165, 1.54) is 31.2 Å². The van der Waals surface area contributed by atoms with Gasteiger partial charge in [0.25, 0.3) is 0 Å². The van der Waals surface area contributed by atoms with Crippen LogP contribution in [0.15, 0.2) is 23.2 Å². The highest BCUT2D eigenvalue weighted by Crippen LogP contribution is 2.25. The summed E-state index contributed by atoms with van der Waals surface area (Å²) in [5, 5.41) is 0. The number of likely N-dealkylation sites (N-methyl/N-ethyl adjacent to an activating group) is 1. The van der Waals surface area contributed by atoms with Crippen molar-refractivity contribution in [2.45, 2.75) is 30.7 Å². The van der Waals surface area contributed by atoms with Crippen LogP contribution in [-0.2, 0) is 10.0 Å². The number of nitrogens with two attached hydrogens (primary N) is 1. The monoisotopic (exact) mass is 284 g/mol. The van der Waals surface area contributed by atoms with Gasteiger partial charge in [0.2, 0.25) is 10.0 Å². The topological polar surface area (TPSA) is 88.3 Å². The van der Waals surface area contributed by atoms with Crippen LogP contribution >= 0.6 is 0 Å². The van der Waals surface area contributed by atoms with Crippen molar-refractivity contribution in [2.75, 3.05) is 25.4 Å². The van der Waals surface area contributed by atoms with E-state index in [0.717, 1.165) is 13.1 Å². The lowest BCUT2D eigenvalue weighted by Crippen LogP contribution is -2.36. The van der Waals surface area contributed by atoms with E-state index in [4.69, 9.17) is 5.73 Å². The number of nitrogen functional groups attached to an aromatic ring is 1. The lowest BCUT2D eigenvalue weighted by Gasteiger charge is -2.19. The van der Waals surface area contributed by atoms with Crippen molar-refractivity contribution in [3.05, 3.63) is 18.3 Å². The Labute approximate surface area is 114 Å². The molecule has 0 amide bonds. The van der Waals surface area contributed by atoms with Crippen LogP contribution in [0.25, 0.3) is 0 Å². The highest BCUT2D eigenvalue weighted by molar-refractivity contribution is 7.89. The number of pyridine rings is 1. The van der Waals surface area contributed by atoms with Crippen molar-refractivity contribution in [2.24, 2.45) is 0 Å². The van der Waals surface area contributed by atoms with Crippen molar-refractivity contribution in [1.29, 1.82) is 0 Å². The Kier molecular flexibility index (Phi) is 4.38. The Morgan fingerprint density at radius 1 is 1.53 bits per heavy atom. The fraction of sp³-hybridized carbons (Fsp3) is 0.583. The van der Waals surface area contributed by atoms with E-state index in [1.54, 1.807) is 0 Å². The third kappa shape index (κ3) is 3.89. The molecule has 0 saturated heterocycles. The smallest absolute Gasteiger partial charge is 0.240 e. The third-order valence-electron chi connectivity index (χ3n) is 3.22. The van der Waals surface area contributed by atoms with Crippen molar-refractivity contribution in [1.82, 2.24) is 14.6 Å². The van der Waals surface area contributed by atoms with E-state index in [0.29, 0.717) is 12.6 Å². The van der Waals surface area contributed by atoms with Gasteiger partial charge in [0.15, 0.2) is 0 Å². The molecule has 1 saturated carbocycles. The molecule has 106 valence electrons. The number of sulfonamides is 1. The molecule has 0 unspecified atom stereocenters. The van der Waals surface area contributed by atoms with Crippen LogP contribution < -0.4 is 10.5 Å². The zero-order valence-electron chi connectivity index (χ0n) is 11.0. The molecule has 0 aromatic carbocycles. The molecule has 2 rings (SSSR count). The Morgan fingerprint density at radius 2 is 2.26 bits per heavy atom. The average molecular weight is 284 g/mol. The zero-order chi connectivity index (χ0) is 13.9. The molecular formula is C12H20N4O2S. The fourth-order valence-electron chi connectivity index (χ4n) is 2.04. The maximum atomic E-state index is 12.0. The van der Waals surface area contributed by atoms with Gasteiger partial charge in [0, 0.05) is 31.4 Å². The van der Waals surface area contributed by atoms with Gasteiger partial charge in [-0.25, -0.2) is 18.1 Å². The Hall–Kier alpha value is -1.18. The number of hydrogen-bond donors (Lipinski definition) is 2. The third-order valence-corrected chi connectivity index (χ3v) is 4.68. The molecule has 1 fully saturated rings. The van der Waals surface area contributed by atoms with Crippen molar-refractivity contribution >= 4 is 15.8 Å². The Morgan fingerprint density at radius 3 is 2.84 bits per heavy atom. The number of nitrogens with one attached hydrogen (secondary N) is 1. The molecule has 0 atom stereocenters. The first kappa shape index (κ1) is 14.2. The first-order valence-electron chi connectivity index (χ1n) is 6.48. The highest BCUT2D eigenvalue weighted by atomic mass is 32.2. The Balaban J connectivity index is 1.90. The molecule has 1 aromatic rings. The molecule has 1 heterocycles. The van der Waals surface area contributed by atoms with Crippen LogP contribution in [-0.4, -0.2) is 44.0 Å². The van der Waals surface area contributed by atoms with Gasteiger partial charge in [-0.15, -0.1) is 0 Å². The number of nitrogens with zero attached hydrogens (tertiary/aromatic N) is 2. The van der Waals surface area contributed by atoms with E-state index < -0.39 is 10.0 Å². The maximum Gasteiger partial charge on any atom is 0.240 e. The van der Waals surface area contributed by atoms with Crippen LogP contribution in [0, 0.1) is 0 Å². The summed E-state index contributed by atoms with van der Waals surface area (Å²) in [7, 11) is -3.49. The predicted molar refractivity (Wildman–Crippen MR) is 74.1 cm³/mol. The summed E-state index contributed by atoms with van der Waals surface area (Å²) >= 11 is 0. The second-order valence-electron chi connectivity index (χ2n) is 4.67. The Bertz CT molecular complexity index is 528. The molecule has 3 N–H and O–H groups in total. The summed E-state index contributed by atoms with van der Waals surface area (Å²) < 4.78 is 26.7. The van der Waals surface area contributed by atoms with E-state index >= 15 is 0 Å². The molecule has 1 aliphatic carbocycles. The molecular weight excluding hydrogens is 264 g/mol. The van der Waals surface area contributed by atoms with Crippen molar-refractivity contribution < 1.29 is 8.42 Å². The standard InChI is InChI=1S/C12H20N4O2S/c1-2-16(10-3-4-10)8-7-15-19(17,18)11-5-6-14-12(13)9-11/h5-6,9-10,15H,2-4,7-8H2,1H3,(H2,13,14). The summed E-state index contributed by atoms with van der Waals surface area (Å²) in [6.07, 6.45) is 3.84. The molecule has 1 aliphatic rings. The lowest BCUT2D eigenvalue weighted by molar-refractivity contribution is 0.282. The van der Waals surface area contributed by atoms with E-state index in [9.17, 15) is 8.42 Å². The molecule has 0 radical (unpaired) electrons. The maximum absolute atomic E-state index is 12.0. The summed E-state index contributed by atoms with van der Waals surface area (Å²) in [6.45, 7) is 4.20. The van der Waals surface area contributed by atoms with Gasteiger partial charge in [-0.1, -0.05) is 6.92 Å². The minimum atomic E-state index is -3.49. The minimum absolute atomic E-state index is 0.162. The number of aromatic nitrogens is 1. The van der Waals surface area contributed by atoms with Crippen molar-refractivity contribution in [3.63, 3.8) is 0 Å². The predicted octanol–water partition coefficient (Wildman–Crippen LogP) is 0.426. The van der Waals surface area contributed by atoms with Gasteiger partial charge >= 0.3 is 0 Å². The van der Waals surface area contributed by atoms with E-state index in [1.807, 2.05) is 0 Å². The quantitative estimate of drug-likeness (QED) is 0.758. The molecule has 1 aromatic heterocycles. The number of anilines is 1. The van der Waals surface area contributed by atoms with Crippen molar-refractivity contribution in [3.8, 4) is 0 Å². The molecule has 0 aliphatic heterocycles. The number of rotatable bonds is 7. The SMILES string of the molecule is CCN(CCNS(=O)(=O)c1ccnc(N)c1)C1CC1. The lowest BCUT2D eigenvalue weighted by atomic mass is 10.4. The van der Waals surface area contributed by atoms with Gasteiger partial charge < -0.3 is 5.73 Å². The van der Waals surface area contributed by atoms with E-state index in [2.05, 4.69) is 21.5 Å². The minimum Gasteiger partial charge on any atom is -0.384 e. The van der Waals surface area contributed by atoms with Gasteiger partial charge in [0.05, 0.1) is 4.90 Å². The first-order valence-corrected chi connectivity index (χ1v) is 7.96. The summed E-state index contributed by atoms with van der Waals surface area (Å²) in [5.74, 6) is 0.205. The van der Waals surface area contributed by atoms with Gasteiger partial charge in [-0.3, -0.25) is 4.90 Å². The van der Waals surface area contributed by atoms with Crippen LogP contribution in [0.1, 0.15) is 19.8 Å². The summed E-state index contributed by atoms with van der Waals surface area (Å²) in [5.41, 5.74) is 5.49. The first-order chi connectivity index (χ1) is 9.03. The van der Waals surface area contributed by atoms with Gasteiger partial charge in [-0.2, -0.15) is 0 Å². The van der Waals surface area contributed by atoms with Crippen LogP contribution in [0.2, 0.25) is 0 Å². The largest absolute Gasteiger partial charge is 0.384 e. The molecule has 0 spiro atoms. The van der Waals surface area contributed by atoms with Gasteiger partial charge in [-0.05, 0) is 25.5 Å². The van der Waals surface area contributed by atoms with Crippen LogP contribution in [0.4, 0.5) is 5.82 Å². The summed E-state index contributed by atoms with van der Waals surface area (Å²) in [6, 6.07) is 3.45.